The van der Waals surface area contributed by atoms with Crippen LogP contribution in [0.15, 0.2) is 18.5 Å². The fourth-order valence-electron chi connectivity index (χ4n) is 1.13. The van der Waals surface area contributed by atoms with Crippen LogP contribution in [-0.4, -0.2) is 27.3 Å². The number of aliphatic hydroxyl groups excluding tert-OH is 1. The summed E-state index contributed by atoms with van der Waals surface area (Å²) < 4.78 is 0. The van der Waals surface area contributed by atoms with E-state index < -0.39 is 18.1 Å². The predicted octanol–water partition coefficient (Wildman–Crippen LogP) is 0.160. The summed E-state index contributed by atoms with van der Waals surface area (Å²) in [4.78, 5) is 14.5. The lowest BCUT2D eigenvalue weighted by Gasteiger charge is -2.16. The van der Waals surface area contributed by atoms with Gasteiger partial charge >= 0.3 is 5.97 Å². The van der Waals surface area contributed by atoms with Crippen LogP contribution in [0.3, 0.4) is 0 Å². The number of aromatic carboxylic acids is 1. The Labute approximate surface area is 81.2 Å². The van der Waals surface area contributed by atoms with E-state index in [4.69, 9.17) is 10.8 Å². The third-order valence-electron chi connectivity index (χ3n) is 1.96. The van der Waals surface area contributed by atoms with E-state index >= 15 is 0 Å². The molecule has 0 amide bonds. The molecule has 1 aromatic heterocycles. The van der Waals surface area contributed by atoms with Crippen molar-refractivity contribution in [1.29, 1.82) is 0 Å². The van der Waals surface area contributed by atoms with Crippen LogP contribution in [0.4, 0.5) is 0 Å². The van der Waals surface area contributed by atoms with Crippen molar-refractivity contribution in [2.24, 2.45) is 5.73 Å². The number of aromatic nitrogens is 1. The Bertz CT molecular complexity index is 339. The van der Waals surface area contributed by atoms with Gasteiger partial charge in [-0.2, -0.15) is 0 Å². The van der Waals surface area contributed by atoms with E-state index in [0.29, 0.717) is 5.56 Å². The summed E-state index contributed by atoms with van der Waals surface area (Å²) in [6, 6.07) is 0.796. The van der Waals surface area contributed by atoms with Gasteiger partial charge in [0, 0.05) is 12.4 Å². The molecule has 5 heteroatoms. The second-order valence-electron chi connectivity index (χ2n) is 3.03. The largest absolute Gasteiger partial charge is 0.478 e. The maximum Gasteiger partial charge on any atom is 0.337 e. The molecule has 5 nitrogen and oxygen atoms in total. The Morgan fingerprint density at radius 1 is 1.64 bits per heavy atom. The molecule has 4 N–H and O–H groups in total. The number of carboxylic acids is 1. The molecule has 0 saturated carbocycles. The molecule has 0 aliphatic carbocycles. The van der Waals surface area contributed by atoms with Gasteiger partial charge in [0.25, 0.3) is 0 Å². The van der Waals surface area contributed by atoms with Crippen LogP contribution < -0.4 is 5.73 Å². The summed E-state index contributed by atoms with van der Waals surface area (Å²) in [5.41, 5.74) is 6.06. The molecule has 1 aromatic rings. The zero-order chi connectivity index (χ0) is 10.7. The van der Waals surface area contributed by atoms with Crippen molar-refractivity contribution in [2.45, 2.75) is 19.1 Å². The quantitative estimate of drug-likeness (QED) is 0.639. The first-order chi connectivity index (χ1) is 6.54. The van der Waals surface area contributed by atoms with Gasteiger partial charge in [-0.05, 0) is 18.6 Å². The molecule has 0 bridgehead atoms. The second kappa shape index (κ2) is 4.17. The number of aliphatic hydroxyl groups is 1. The molecule has 0 aromatic carbocycles. The molecule has 14 heavy (non-hydrogen) atoms. The van der Waals surface area contributed by atoms with Gasteiger partial charge in [0.1, 0.15) is 0 Å². The van der Waals surface area contributed by atoms with Gasteiger partial charge < -0.3 is 15.9 Å². The van der Waals surface area contributed by atoms with Crippen molar-refractivity contribution in [2.75, 3.05) is 0 Å². The van der Waals surface area contributed by atoms with E-state index in [-0.39, 0.29) is 5.56 Å². The average Bonchev–Trinajstić information content (AvgIpc) is 2.16. The van der Waals surface area contributed by atoms with Gasteiger partial charge in [-0.25, -0.2) is 4.79 Å². The minimum Gasteiger partial charge on any atom is -0.478 e. The van der Waals surface area contributed by atoms with Crippen molar-refractivity contribution in [3.63, 3.8) is 0 Å². The number of nitrogens with zero attached hydrogens (tertiary/aromatic N) is 1. The molecule has 0 aliphatic rings. The number of hydrogen-bond acceptors (Lipinski definition) is 4. The van der Waals surface area contributed by atoms with E-state index in [1.165, 1.54) is 25.4 Å². The van der Waals surface area contributed by atoms with Crippen LogP contribution in [-0.2, 0) is 0 Å². The molecule has 1 heterocycles. The second-order valence-corrected chi connectivity index (χ2v) is 3.03. The summed E-state index contributed by atoms with van der Waals surface area (Å²) in [5.74, 6) is -1.09. The van der Waals surface area contributed by atoms with Gasteiger partial charge in [-0.1, -0.05) is 0 Å². The summed E-state index contributed by atoms with van der Waals surface area (Å²) in [7, 11) is 0. The maximum atomic E-state index is 10.8. The van der Waals surface area contributed by atoms with E-state index in [1.54, 1.807) is 0 Å². The summed E-state index contributed by atoms with van der Waals surface area (Å²) >= 11 is 0. The summed E-state index contributed by atoms with van der Waals surface area (Å²) in [5, 5.41) is 18.1. The highest BCUT2D eigenvalue weighted by Gasteiger charge is 2.19. The van der Waals surface area contributed by atoms with Crippen LogP contribution in [0, 0.1) is 0 Å². The number of nitrogens with two attached hydrogens (primary N) is 1. The Morgan fingerprint density at radius 3 is 2.79 bits per heavy atom. The van der Waals surface area contributed by atoms with Crippen LogP contribution in [0.2, 0.25) is 0 Å². The molecule has 1 rings (SSSR count). The molecule has 2 atom stereocenters. The molecule has 0 radical (unpaired) electrons. The topological polar surface area (TPSA) is 96.4 Å². The fourth-order valence-corrected chi connectivity index (χ4v) is 1.13. The van der Waals surface area contributed by atoms with E-state index in [9.17, 15) is 9.90 Å². The molecule has 0 spiro atoms. The molecule has 76 valence electrons. The Kier molecular flexibility index (Phi) is 3.16. The average molecular weight is 196 g/mol. The lowest BCUT2D eigenvalue weighted by molar-refractivity contribution is 0.0693. The van der Waals surface area contributed by atoms with Crippen molar-refractivity contribution < 1.29 is 15.0 Å². The summed E-state index contributed by atoms with van der Waals surface area (Å²) in [6.45, 7) is 1.51. The molecule has 0 unspecified atom stereocenters. The highest BCUT2D eigenvalue weighted by molar-refractivity contribution is 5.89. The predicted molar refractivity (Wildman–Crippen MR) is 49.8 cm³/mol. The van der Waals surface area contributed by atoms with Crippen molar-refractivity contribution in [3.8, 4) is 0 Å². The zero-order valence-corrected chi connectivity index (χ0v) is 7.71. The van der Waals surface area contributed by atoms with Gasteiger partial charge in [-0.15, -0.1) is 0 Å². The minimum absolute atomic E-state index is 0.0286. The van der Waals surface area contributed by atoms with Crippen LogP contribution in [0.5, 0.6) is 0 Å². The zero-order valence-electron chi connectivity index (χ0n) is 7.71. The van der Waals surface area contributed by atoms with Gasteiger partial charge in [0.15, 0.2) is 0 Å². The number of carbonyl (C=O) groups is 1. The van der Waals surface area contributed by atoms with Crippen molar-refractivity contribution in [1.82, 2.24) is 4.98 Å². The lowest BCUT2D eigenvalue weighted by Crippen LogP contribution is -2.25. The van der Waals surface area contributed by atoms with Crippen LogP contribution >= 0.6 is 0 Å². The standard InChI is InChI=1S/C9H12N2O3/c1-5(12)8(10)6-2-3-11-4-7(6)9(13)14/h2-5,8,12H,10H2,1H3,(H,13,14)/t5-,8-/m1/s1. The third-order valence-corrected chi connectivity index (χ3v) is 1.96. The Balaban J connectivity index is 3.13. The fraction of sp³-hybridized carbons (Fsp3) is 0.333. The Hall–Kier alpha value is -1.46. The lowest BCUT2D eigenvalue weighted by atomic mass is 10.00. The van der Waals surface area contributed by atoms with Crippen LogP contribution in [0.25, 0.3) is 0 Å². The summed E-state index contributed by atoms with van der Waals surface area (Å²) in [6.07, 6.45) is 1.87. The number of pyridine rings is 1. The minimum atomic E-state index is -1.09. The van der Waals surface area contributed by atoms with Crippen LogP contribution in [0.1, 0.15) is 28.9 Å². The first-order valence-corrected chi connectivity index (χ1v) is 4.15. The molecule has 0 saturated heterocycles. The molecule has 0 aliphatic heterocycles. The van der Waals surface area contributed by atoms with Crippen molar-refractivity contribution >= 4 is 5.97 Å². The highest BCUT2D eigenvalue weighted by atomic mass is 16.4. The molecular formula is C9H12N2O3. The van der Waals surface area contributed by atoms with Crippen molar-refractivity contribution in [3.05, 3.63) is 29.6 Å². The molecular weight excluding hydrogens is 184 g/mol. The van der Waals surface area contributed by atoms with Gasteiger partial charge in [0.05, 0.1) is 17.7 Å². The van der Waals surface area contributed by atoms with Gasteiger partial charge in [-0.3, -0.25) is 4.98 Å². The number of hydrogen-bond donors (Lipinski definition) is 3. The van der Waals surface area contributed by atoms with E-state index in [1.807, 2.05) is 0 Å². The van der Waals surface area contributed by atoms with Gasteiger partial charge in [0.2, 0.25) is 0 Å². The first kappa shape index (κ1) is 10.6. The smallest absolute Gasteiger partial charge is 0.337 e. The maximum absolute atomic E-state index is 10.8. The third kappa shape index (κ3) is 2.07. The number of carboxylic acid groups (broad SMARTS) is 1. The highest BCUT2D eigenvalue weighted by Crippen LogP contribution is 2.17. The SMILES string of the molecule is C[C@@H](O)[C@@H](N)c1ccncc1C(=O)O. The Morgan fingerprint density at radius 2 is 2.29 bits per heavy atom. The van der Waals surface area contributed by atoms with E-state index in [2.05, 4.69) is 4.98 Å². The number of rotatable bonds is 3. The molecule has 0 fully saturated rings. The normalized spacial score (nSPS) is 14.8. The monoisotopic (exact) mass is 196 g/mol. The van der Waals surface area contributed by atoms with E-state index in [0.717, 1.165) is 0 Å². The first-order valence-electron chi connectivity index (χ1n) is 4.15.